The van der Waals surface area contributed by atoms with Gasteiger partial charge in [0.1, 0.15) is 23.6 Å². The van der Waals surface area contributed by atoms with Crippen molar-refractivity contribution in [2.75, 3.05) is 18.4 Å². The minimum Gasteiger partial charge on any atom is -0.434 e. The Morgan fingerprint density at radius 1 is 1.26 bits per heavy atom. The van der Waals surface area contributed by atoms with E-state index in [0.717, 1.165) is 25.7 Å². The molecule has 1 aliphatic heterocycles. The Kier molecular flexibility index (Phi) is 7.68. The van der Waals surface area contributed by atoms with E-state index < -0.39 is 18.2 Å². The number of nitrogens with zero attached hydrogens (tertiary/aromatic N) is 7. The van der Waals surface area contributed by atoms with Crippen molar-refractivity contribution in [3.05, 3.63) is 71.1 Å². The summed E-state index contributed by atoms with van der Waals surface area (Å²) >= 11 is 6.20. The van der Waals surface area contributed by atoms with Crippen LogP contribution in [0.2, 0.25) is 5.02 Å². The summed E-state index contributed by atoms with van der Waals surface area (Å²) in [5, 5.41) is 15.0. The fourth-order valence-corrected chi connectivity index (χ4v) is 5.33. The number of hydrogen-bond acceptors (Lipinski definition) is 7. The van der Waals surface area contributed by atoms with Gasteiger partial charge in [-0.25, -0.2) is 21.4 Å². The molecule has 0 unspecified atom stereocenters. The fraction of sp³-hybridized carbons (Fsp3) is 0.357. The van der Waals surface area contributed by atoms with Gasteiger partial charge in [-0.2, -0.15) is 19.0 Å². The van der Waals surface area contributed by atoms with E-state index in [1.807, 2.05) is 0 Å². The number of amides is 2. The van der Waals surface area contributed by atoms with Crippen LogP contribution in [0.1, 0.15) is 36.0 Å². The predicted octanol–water partition coefficient (Wildman–Crippen LogP) is 4.09. The SMILES string of the molecule is [C-]#[N+]C1(NC2CCN(C(=O)Cn3cc(NC(=O)c4cnn5cccnc45)c(-c4cc(Cl)ccc4OC(F)F)n3)CC2)CC1. The van der Waals surface area contributed by atoms with Gasteiger partial charge in [-0.15, -0.1) is 0 Å². The minimum atomic E-state index is -3.12. The number of aromatic nitrogens is 5. The topological polar surface area (TPSA) is 123 Å². The van der Waals surface area contributed by atoms with Crippen LogP contribution in [0.15, 0.2) is 49.1 Å². The summed E-state index contributed by atoms with van der Waals surface area (Å²) in [6.45, 7) is 5.14. The highest BCUT2D eigenvalue weighted by atomic mass is 35.5. The lowest BCUT2D eigenvalue weighted by Crippen LogP contribution is -2.48. The summed E-state index contributed by atoms with van der Waals surface area (Å²) in [6.07, 6.45) is 9.12. The number of anilines is 1. The zero-order valence-corrected chi connectivity index (χ0v) is 23.5. The average Bonchev–Trinajstić information content (AvgIpc) is 3.45. The number of alkyl halides is 2. The first-order valence-corrected chi connectivity index (χ1v) is 14.0. The van der Waals surface area contributed by atoms with E-state index in [4.69, 9.17) is 22.9 Å². The Bertz CT molecular complexity index is 1720. The molecule has 0 radical (unpaired) electrons. The monoisotopic (exact) mass is 609 g/mol. The number of hydrogen-bond donors (Lipinski definition) is 2. The van der Waals surface area contributed by atoms with Crippen LogP contribution >= 0.6 is 11.6 Å². The summed E-state index contributed by atoms with van der Waals surface area (Å²) in [5.41, 5.74) is 0.388. The molecule has 2 amide bonds. The molecule has 6 rings (SSSR count). The van der Waals surface area contributed by atoms with Crippen LogP contribution in [0.25, 0.3) is 21.7 Å². The number of carbonyl (C=O) groups is 2. The number of carbonyl (C=O) groups excluding carboxylic acids is 2. The number of benzene rings is 1. The van der Waals surface area contributed by atoms with Gasteiger partial charge in [-0.3, -0.25) is 19.1 Å². The molecular formula is C28H26ClF2N9O3. The van der Waals surface area contributed by atoms with E-state index in [1.54, 1.807) is 17.2 Å². The van der Waals surface area contributed by atoms with Gasteiger partial charge < -0.3 is 15.0 Å². The Morgan fingerprint density at radius 3 is 2.77 bits per heavy atom. The van der Waals surface area contributed by atoms with Crippen molar-refractivity contribution in [1.82, 2.24) is 34.6 Å². The summed E-state index contributed by atoms with van der Waals surface area (Å²) in [7, 11) is 0. The molecule has 15 heteroatoms. The van der Waals surface area contributed by atoms with Gasteiger partial charge in [-0.1, -0.05) is 11.6 Å². The van der Waals surface area contributed by atoms with Crippen molar-refractivity contribution in [3.8, 4) is 17.0 Å². The molecular weight excluding hydrogens is 584 g/mol. The van der Waals surface area contributed by atoms with Gasteiger partial charge in [-0.05, 0) is 37.1 Å². The second-order valence-corrected chi connectivity index (χ2v) is 10.9. The van der Waals surface area contributed by atoms with E-state index in [0.29, 0.717) is 18.7 Å². The van der Waals surface area contributed by atoms with Crippen molar-refractivity contribution >= 4 is 34.7 Å². The lowest BCUT2D eigenvalue weighted by atomic mass is 10.0. The molecule has 1 aromatic carbocycles. The molecule has 1 aliphatic carbocycles. The van der Waals surface area contributed by atoms with Crippen LogP contribution in [-0.4, -0.2) is 72.5 Å². The second kappa shape index (κ2) is 11.6. The third-order valence-corrected chi connectivity index (χ3v) is 7.74. The largest absolute Gasteiger partial charge is 0.434 e. The van der Waals surface area contributed by atoms with Gasteiger partial charge in [0.05, 0.1) is 11.9 Å². The molecule has 2 fully saturated rings. The quantitative estimate of drug-likeness (QED) is 0.274. The third-order valence-electron chi connectivity index (χ3n) is 7.50. The van der Waals surface area contributed by atoms with Gasteiger partial charge >= 0.3 is 6.61 Å². The maximum absolute atomic E-state index is 13.3. The molecule has 2 aliphatic rings. The van der Waals surface area contributed by atoms with Gasteiger partial charge in [0.25, 0.3) is 11.6 Å². The number of piperidine rings is 1. The highest BCUT2D eigenvalue weighted by Crippen LogP contribution is 2.39. The Balaban J connectivity index is 1.25. The highest BCUT2D eigenvalue weighted by Gasteiger charge is 2.52. The van der Waals surface area contributed by atoms with Crippen molar-refractivity contribution in [2.45, 2.75) is 50.5 Å². The van der Waals surface area contributed by atoms with E-state index in [1.165, 1.54) is 46.0 Å². The first-order valence-electron chi connectivity index (χ1n) is 13.6. The van der Waals surface area contributed by atoms with E-state index in [-0.39, 0.29) is 51.8 Å². The third kappa shape index (κ3) is 6.13. The number of ether oxygens (including phenoxy) is 1. The average molecular weight is 610 g/mol. The molecule has 12 nitrogen and oxygen atoms in total. The summed E-state index contributed by atoms with van der Waals surface area (Å²) in [5.74, 6) is -0.966. The molecule has 0 atom stereocenters. The second-order valence-electron chi connectivity index (χ2n) is 10.5. The van der Waals surface area contributed by atoms with E-state index >= 15 is 0 Å². The molecule has 222 valence electrons. The molecule has 1 saturated heterocycles. The van der Waals surface area contributed by atoms with Crippen molar-refractivity contribution < 1.29 is 23.1 Å². The standard InChI is InChI=1S/C28H26ClF2N9O3/c1-32-28(7-8-28)36-18-5-11-38(12-6-18)23(41)16-39-15-21(35-26(42)20-14-34-40-10-2-9-33-25(20)40)24(37-39)19-13-17(29)3-4-22(19)43-27(30)31/h2-4,9-10,13-15,18,27,36H,5-8,11-12,16H2,(H,35,42). The maximum Gasteiger partial charge on any atom is 0.387 e. The first-order chi connectivity index (χ1) is 20.7. The molecule has 3 aromatic heterocycles. The van der Waals surface area contributed by atoms with Crippen LogP contribution < -0.4 is 15.4 Å². The minimum absolute atomic E-state index is 0.0838. The number of nitrogens with one attached hydrogen (secondary N) is 2. The first kappa shape index (κ1) is 28.5. The zero-order chi connectivity index (χ0) is 30.1. The number of rotatable bonds is 9. The Morgan fingerprint density at radius 2 is 2.05 bits per heavy atom. The summed E-state index contributed by atoms with van der Waals surface area (Å²) in [4.78, 5) is 36.2. The Hall–Kier alpha value is -4.61. The molecule has 1 saturated carbocycles. The molecule has 2 N–H and O–H groups in total. The lowest BCUT2D eigenvalue weighted by molar-refractivity contribution is -0.133. The van der Waals surface area contributed by atoms with Crippen molar-refractivity contribution in [2.24, 2.45) is 0 Å². The number of fused-ring (bicyclic) bond motifs is 1. The molecule has 4 aromatic rings. The normalized spacial score (nSPS) is 16.3. The fourth-order valence-electron chi connectivity index (χ4n) is 5.15. The van der Waals surface area contributed by atoms with E-state index in [2.05, 4.69) is 30.7 Å². The molecule has 0 bridgehead atoms. The number of halogens is 3. The van der Waals surface area contributed by atoms with Crippen LogP contribution in [0.5, 0.6) is 5.75 Å². The van der Waals surface area contributed by atoms with Gasteiger partial charge in [0, 0.05) is 61.1 Å². The van der Waals surface area contributed by atoms with Crippen molar-refractivity contribution in [3.63, 3.8) is 0 Å². The van der Waals surface area contributed by atoms with E-state index in [9.17, 15) is 18.4 Å². The van der Waals surface area contributed by atoms with Gasteiger partial charge in [0.2, 0.25) is 5.91 Å². The molecule has 43 heavy (non-hydrogen) atoms. The van der Waals surface area contributed by atoms with Crippen LogP contribution in [0.4, 0.5) is 14.5 Å². The smallest absolute Gasteiger partial charge is 0.387 e. The highest BCUT2D eigenvalue weighted by molar-refractivity contribution is 6.31. The predicted molar refractivity (Wildman–Crippen MR) is 152 cm³/mol. The van der Waals surface area contributed by atoms with Gasteiger partial charge in [0.15, 0.2) is 5.65 Å². The van der Waals surface area contributed by atoms with Crippen LogP contribution in [-0.2, 0) is 11.3 Å². The molecule has 4 heterocycles. The van der Waals surface area contributed by atoms with Crippen LogP contribution in [0.3, 0.4) is 0 Å². The Labute approximate surface area is 249 Å². The molecule has 0 spiro atoms. The maximum atomic E-state index is 13.3. The summed E-state index contributed by atoms with van der Waals surface area (Å²) in [6, 6.07) is 5.92. The van der Waals surface area contributed by atoms with Crippen molar-refractivity contribution in [1.29, 1.82) is 0 Å². The summed E-state index contributed by atoms with van der Waals surface area (Å²) < 4.78 is 34.0. The lowest BCUT2D eigenvalue weighted by Gasteiger charge is -2.32. The zero-order valence-electron chi connectivity index (χ0n) is 22.7. The number of likely N-dealkylation sites (tertiary alicyclic amines) is 1. The van der Waals surface area contributed by atoms with Crippen LogP contribution in [0, 0.1) is 6.57 Å².